The van der Waals surface area contributed by atoms with E-state index in [0.29, 0.717) is 0 Å². The Balaban J connectivity index is 0.00000433. The first-order valence-corrected chi connectivity index (χ1v) is 23.1. The Labute approximate surface area is 365 Å². The van der Waals surface area contributed by atoms with Crippen molar-refractivity contribution < 1.29 is 21.1 Å². The summed E-state index contributed by atoms with van der Waals surface area (Å²) in [6.45, 7) is 4.81. The Bertz CT molecular complexity index is 3270. The van der Waals surface area contributed by atoms with E-state index in [9.17, 15) is 0 Å². The van der Waals surface area contributed by atoms with Crippen molar-refractivity contribution in [2.24, 2.45) is 0 Å². The van der Waals surface area contributed by atoms with E-state index < -0.39 is 8.07 Å². The number of rotatable bonds is 7. The van der Waals surface area contributed by atoms with Crippen LogP contribution in [-0.4, -0.2) is 23.6 Å². The summed E-state index contributed by atoms with van der Waals surface area (Å²) < 4.78 is 6.75. The predicted molar refractivity (Wildman–Crippen MR) is 249 cm³/mol. The minimum atomic E-state index is -2.36. The van der Waals surface area contributed by atoms with Crippen LogP contribution in [0.4, 0.5) is 22.7 Å². The van der Waals surface area contributed by atoms with Gasteiger partial charge in [0.1, 0.15) is 11.5 Å². The van der Waals surface area contributed by atoms with E-state index in [0.717, 1.165) is 61.9 Å². The van der Waals surface area contributed by atoms with Gasteiger partial charge in [0.05, 0.1) is 24.6 Å². The summed E-state index contributed by atoms with van der Waals surface area (Å²) in [4.78, 5) is 4.77. The van der Waals surface area contributed by atoms with E-state index in [1.165, 1.54) is 31.9 Å². The van der Waals surface area contributed by atoms with Crippen molar-refractivity contribution in [2.45, 2.75) is 13.1 Å². The van der Waals surface area contributed by atoms with E-state index in [4.69, 9.17) is 4.98 Å². The van der Waals surface area contributed by atoms with E-state index in [1.807, 2.05) is 18.3 Å². The quantitative estimate of drug-likeness (QED) is 0.0887. The maximum absolute atomic E-state index is 4.77. The van der Waals surface area contributed by atoms with Crippen LogP contribution in [0.3, 0.4) is 0 Å². The van der Waals surface area contributed by atoms with Crippen LogP contribution in [0, 0.1) is 12.1 Å². The Morgan fingerprint density at radius 1 is 0.517 bits per heavy atom. The number of benzene rings is 8. The van der Waals surface area contributed by atoms with Crippen molar-refractivity contribution in [3.05, 3.63) is 206 Å². The standard InChI is InChI=1S/C54H38N4Si.Pt/c1-59(2,43-31-32-48-47-25-11-12-28-49(47)58(51(48)36-43)52-29-13-14-34-55-52)42-23-15-22-41(35-42)56-37-57(54-46-24-10-9-21-40(46)30-33-50(54)56)53-44(38-17-5-3-6-18-38)26-16-27-45(53)39-19-7-4-8-20-39;/h3-34H,1-2H3;/q;+2. The van der Waals surface area contributed by atoms with Crippen LogP contribution >= 0.6 is 0 Å². The molecule has 286 valence electrons. The van der Waals surface area contributed by atoms with Crippen molar-refractivity contribution >= 4 is 79.8 Å². The normalized spacial score (nSPS) is 12.3. The molecule has 0 amide bonds. The fourth-order valence-electron chi connectivity index (χ4n) is 8.77. The largest absolute Gasteiger partial charge is 2.00 e. The Hall–Kier alpha value is -6.74. The second-order valence-electron chi connectivity index (χ2n) is 15.6. The van der Waals surface area contributed by atoms with Gasteiger partial charge in [-0.3, -0.25) is 0 Å². The molecule has 3 heterocycles. The molecule has 60 heavy (non-hydrogen) atoms. The zero-order chi connectivity index (χ0) is 39.5. The van der Waals surface area contributed by atoms with Crippen molar-refractivity contribution in [1.82, 2.24) is 18.7 Å². The molecule has 0 saturated carbocycles. The molecule has 8 aromatic carbocycles. The first-order chi connectivity index (χ1) is 29.0. The molecule has 6 heteroatoms. The van der Waals surface area contributed by atoms with Gasteiger partial charge in [-0.25, -0.2) is 4.98 Å². The van der Waals surface area contributed by atoms with Gasteiger partial charge in [-0.05, 0) is 68.9 Å². The van der Waals surface area contributed by atoms with Crippen molar-refractivity contribution in [1.29, 1.82) is 0 Å². The van der Waals surface area contributed by atoms with E-state index >= 15 is 0 Å². The third-order valence-corrected chi connectivity index (χ3v) is 15.1. The Kier molecular flexibility index (Phi) is 9.46. The molecule has 1 aliphatic heterocycles. The number of aromatic nitrogens is 2. The van der Waals surface area contributed by atoms with Gasteiger partial charge in [0.25, 0.3) is 5.69 Å². The number of hydrogen-bond acceptors (Lipinski definition) is 1. The van der Waals surface area contributed by atoms with Gasteiger partial charge in [0.15, 0.2) is 0 Å². The van der Waals surface area contributed by atoms with Crippen LogP contribution in [0.1, 0.15) is 0 Å². The van der Waals surface area contributed by atoms with Crippen LogP contribution in [0.5, 0.6) is 0 Å². The fraction of sp³-hybridized carbons (Fsp3) is 0.0370. The molecule has 0 bridgehead atoms. The smallest absolute Gasteiger partial charge is 0.319 e. The molecule has 0 fully saturated rings. The van der Waals surface area contributed by atoms with E-state index in [1.54, 1.807) is 0 Å². The molecule has 10 aromatic rings. The molecular formula is C54H38N4PtSi+2. The van der Waals surface area contributed by atoms with Gasteiger partial charge in [0.2, 0.25) is 5.69 Å². The van der Waals surface area contributed by atoms with Crippen LogP contribution in [0.2, 0.25) is 13.1 Å². The summed E-state index contributed by atoms with van der Waals surface area (Å²) in [6.07, 6.45) is 1.86. The molecule has 0 radical (unpaired) electrons. The number of para-hydroxylation sites is 2. The zero-order valence-corrected chi connectivity index (χ0v) is 36.4. The molecule has 0 atom stereocenters. The maximum Gasteiger partial charge on any atom is 2.00 e. The van der Waals surface area contributed by atoms with Gasteiger partial charge in [0, 0.05) is 17.8 Å². The molecule has 2 aromatic heterocycles. The summed E-state index contributed by atoms with van der Waals surface area (Å²) >= 11 is 0. The fourth-order valence-corrected chi connectivity index (χ4v) is 10.9. The van der Waals surface area contributed by atoms with Gasteiger partial charge >= 0.3 is 32.8 Å². The molecule has 4 nitrogen and oxygen atoms in total. The Morgan fingerprint density at radius 2 is 1.17 bits per heavy atom. The first-order valence-electron chi connectivity index (χ1n) is 20.1. The van der Waals surface area contributed by atoms with Gasteiger partial charge in [-0.1, -0.05) is 138 Å². The molecule has 11 rings (SSSR count). The van der Waals surface area contributed by atoms with Crippen LogP contribution in [0.15, 0.2) is 194 Å². The van der Waals surface area contributed by atoms with Crippen molar-refractivity contribution in [3.8, 4) is 28.1 Å². The number of fused-ring (bicyclic) bond motifs is 6. The van der Waals surface area contributed by atoms with Crippen LogP contribution in [-0.2, 0) is 21.1 Å². The minimum Gasteiger partial charge on any atom is -0.319 e. The molecule has 1 aliphatic rings. The van der Waals surface area contributed by atoms with E-state index in [2.05, 4.69) is 221 Å². The monoisotopic (exact) mass is 965 g/mol. The third-order valence-electron chi connectivity index (χ3n) is 11.8. The third kappa shape index (κ3) is 6.14. The summed E-state index contributed by atoms with van der Waals surface area (Å²) in [7, 11) is -2.36. The van der Waals surface area contributed by atoms with Crippen LogP contribution in [0.25, 0.3) is 60.6 Å². The zero-order valence-electron chi connectivity index (χ0n) is 33.1. The second-order valence-corrected chi connectivity index (χ2v) is 19.9. The molecule has 0 N–H and O–H groups in total. The van der Waals surface area contributed by atoms with Crippen LogP contribution < -0.4 is 19.5 Å². The molecule has 0 saturated heterocycles. The molecule has 0 spiro atoms. The van der Waals surface area contributed by atoms with Gasteiger partial charge in [-0.2, -0.15) is 40.7 Å². The first kappa shape index (κ1) is 37.5. The maximum atomic E-state index is 4.77. The topological polar surface area (TPSA) is 23.8 Å². The number of pyridine rings is 1. The summed E-state index contributed by atoms with van der Waals surface area (Å²) in [6, 6.07) is 78.7. The number of nitrogens with zero attached hydrogens (tertiary/aromatic N) is 4. The summed E-state index contributed by atoms with van der Waals surface area (Å²) in [5, 5.41) is 7.13. The van der Waals surface area contributed by atoms with Gasteiger partial charge in [-0.15, -0.1) is 11.5 Å². The number of hydrogen-bond donors (Lipinski definition) is 0. The van der Waals surface area contributed by atoms with Gasteiger partial charge < -0.3 is 4.57 Å². The predicted octanol–water partition coefficient (Wildman–Crippen LogP) is 11.9. The molecular weight excluding hydrogens is 928 g/mol. The van der Waals surface area contributed by atoms with E-state index in [-0.39, 0.29) is 21.1 Å². The summed E-state index contributed by atoms with van der Waals surface area (Å²) in [5.74, 6) is 0.889. The minimum absolute atomic E-state index is 0. The average Bonchev–Trinajstić information content (AvgIpc) is 3.86. The molecule has 0 unspecified atom stereocenters. The summed E-state index contributed by atoms with van der Waals surface area (Å²) in [5.41, 5.74) is 10.9. The average molecular weight is 966 g/mol. The molecule has 0 aliphatic carbocycles. The van der Waals surface area contributed by atoms with Crippen molar-refractivity contribution in [3.63, 3.8) is 0 Å². The van der Waals surface area contributed by atoms with Crippen molar-refractivity contribution in [2.75, 3.05) is 0 Å². The Morgan fingerprint density at radius 3 is 1.90 bits per heavy atom. The second kappa shape index (κ2) is 15.1. The SMILES string of the molecule is C[Si](C)(c1[c-]c([N+]2=C=[N+](c3c(-c4ccccc4)cccc3-c3ccccc3)c3c2ccc2ccccc32)ccc1)c1[c-]c2c(cc1)c1ccccc1n2-c1ccccn1.[Pt+2].